The lowest BCUT2D eigenvalue weighted by Gasteiger charge is -2.34. The van der Waals surface area contributed by atoms with Gasteiger partial charge in [0.2, 0.25) is 5.91 Å². The highest BCUT2D eigenvalue weighted by Crippen LogP contribution is 2.23. The molecule has 13 nitrogen and oxygen atoms in total. The molecule has 1 fully saturated rings. The molecule has 36 heavy (non-hydrogen) atoms. The van der Waals surface area contributed by atoms with Gasteiger partial charge in [0.1, 0.15) is 6.54 Å². The summed E-state index contributed by atoms with van der Waals surface area (Å²) >= 11 is 2.15. The number of carbonyl (C=O) groups excluding carboxylic acids is 4. The molecule has 1 aromatic heterocycles. The lowest BCUT2D eigenvalue weighted by atomic mass is 10.3. The number of carbonyl (C=O) groups is 4. The van der Waals surface area contributed by atoms with Crippen LogP contribution in [0.5, 0.6) is 0 Å². The quantitative estimate of drug-likeness (QED) is 0.274. The van der Waals surface area contributed by atoms with Gasteiger partial charge in [0.05, 0.1) is 40.4 Å². The van der Waals surface area contributed by atoms with Crippen molar-refractivity contribution in [2.24, 2.45) is 4.99 Å². The Labute approximate surface area is 213 Å². The molecule has 0 radical (unpaired) electrons. The van der Waals surface area contributed by atoms with Crippen LogP contribution >= 0.6 is 23.1 Å². The minimum atomic E-state index is -0.565. The van der Waals surface area contributed by atoms with Crippen molar-refractivity contribution in [3.63, 3.8) is 0 Å². The van der Waals surface area contributed by atoms with Gasteiger partial charge in [-0.25, -0.2) is 4.79 Å². The predicted molar refractivity (Wildman–Crippen MR) is 132 cm³/mol. The maximum Gasteiger partial charge on any atom is 0.409 e. The van der Waals surface area contributed by atoms with Gasteiger partial charge in [0, 0.05) is 38.3 Å². The van der Waals surface area contributed by atoms with E-state index in [9.17, 15) is 29.3 Å². The SMILES string of the molecule is CCOC(=O)N1CCN(C(=O)CSCC(=O)N=c2sc3cc([N+](=O)[O-])ccc3n2CC(=O)OC)CC1. The number of esters is 1. The van der Waals surface area contributed by atoms with Crippen molar-refractivity contribution in [2.45, 2.75) is 13.5 Å². The molecule has 1 aliphatic heterocycles. The van der Waals surface area contributed by atoms with E-state index in [1.807, 2.05) is 0 Å². The molecule has 0 aliphatic carbocycles. The molecule has 2 aromatic rings. The molecule has 194 valence electrons. The average Bonchev–Trinajstić information content (AvgIpc) is 3.19. The van der Waals surface area contributed by atoms with Gasteiger partial charge in [-0.3, -0.25) is 24.5 Å². The van der Waals surface area contributed by atoms with E-state index in [1.165, 1.54) is 29.9 Å². The van der Waals surface area contributed by atoms with E-state index in [4.69, 9.17) is 9.47 Å². The third-order valence-corrected chi connectivity index (χ3v) is 7.17. The Hall–Kier alpha value is -3.46. The highest BCUT2D eigenvalue weighted by Gasteiger charge is 2.24. The average molecular weight is 540 g/mol. The van der Waals surface area contributed by atoms with Crippen LogP contribution in [0.3, 0.4) is 0 Å². The molecule has 0 bridgehead atoms. The first-order valence-electron chi connectivity index (χ1n) is 10.9. The number of rotatable bonds is 8. The molecule has 0 N–H and O–H groups in total. The summed E-state index contributed by atoms with van der Waals surface area (Å²) in [5.41, 5.74) is 0.386. The van der Waals surface area contributed by atoms with Crippen molar-refractivity contribution in [3.05, 3.63) is 33.1 Å². The number of thiazole rings is 1. The lowest BCUT2D eigenvalue weighted by Crippen LogP contribution is -2.51. The van der Waals surface area contributed by atoms with Gasteiger partial charge in [-0.1, -0.05) is 11.3 Å². The fourth-order valence-electron chi connectivity index (χ4n) is 3.42. The molecule has 2 heterocycles. The van der Waals surface area contributed by atoms with Gasteiger partial charge in [0.15, 0.2) is 4.80 Å². The molecule has 0 atom stereocenters. The number of ether oxygens (including phenoxy) is 2. The van der Waals surface area contributed by atoms with Crippen molar-refractivity contribution in [2.75, 3.05) is 51.4 Å². The Balaban J connectivity index is 1.63. The molecule has 3 amide bonds. The summed E-state index contributed by atoms with van der Waals surface area (Å²) in [5.74, 6) is -1.22. The van der Waals surface area contributed by atoms with E-state index in [0.717, 1.165) is 23.1 Å². The van der Waals surface area contributed by atoms with Crippen LogP contribution in [-0.2, 0) is 30.4 Å². The Kier molecular flexibility index (Phi) is 9.41. The van der Waals surface area contributed by atoms with Crippen LogP contribution in [0.2, 0.25) is 0 Å². The van der Waals surface area contributed by atoms with E-state index in [2.05, 4.69) is 4.99 Å². The van der Waals surface area contributed by atoms with Crippen LogP contribution in [-0.4, -0.2) is 94.6 Å². The van der Waals surface area contributed by atoms with Crippen molar-refractivity contribution in [1.82, 2.24) is 14.4 Å². The fraction of sp³-hybridized carbons (Fsp3) is 0.476. The van der Waals surface area contributed by atoms with Crippen molar-refractivity contribution >= 4 is 62.9 Å². The fourth-order valence-corrected chi connectivity index (χ4v) is 5.19. The Morgan fingerprint density at radius 3 is 2.47 bits per heavy atom. The molecule has 1 aliphatic rings. The molecular formula is C21H25N5O8S2. The van der Waals surface area contributed by atoms with Gasteiger partial charge < -0.3 is 23.8 Å². The van der Waals surface area contributed by atoms with Gasteiger partial charge in [-0.2, -0.15) is 4.99 Å². The highest BCUT2D eigenvalue weighted by molar-refractivity contribution is 8.00. The summed E-state index contributed by atoms with van der Waals surface area (Å²) in [6, 6.07) is 4.15. The van der Waals surface area contributed by atoms with Crippen molar-refractivity contribution in [1.29, 1.82) is 0 Å². The Morgan fingerprint density at radius 2 is 1.83 bits per heavy atom. The number of hydrogen-bond acceptors (Lipinski definition) is 10. The van der Waals surface area contributed by atoms with Gasteiger partial charge in [-0.15, -0.1) is 11.8 Å². The van der Waals surface area contributed by atoms with E-state index < -0.39 is 22.9 Å². The van der Waals surface area contributed by atoms with Gasteiger partial charge >= 0.3 is 12.1 Å². The Morgan fingerprint density at radius 1 is 1.14 bits per heavy atom. The van der Waals surface area contributed by atoms with Crippen LogP contribution in [0.1, 0.15) is 6.92 Å². The van der Waals surface area contributed by atoms with E-state index in [-0.39, 0.29) is 41.1 Å². The molecular weight excluding hydrogens is 514 g/mol. The van der Waals surface area contributed by atoms with Gasteiger partial charge in [-0.05, 0) is 13.0 Å². The van der Waals surface area contributed by atoms with Crippen molar-refractivity contribution in [3.8, 4) is 0 Å². The summed E-state index contributed by atoms with van der Waals surface area (Å²) in [6.45, 7) is 3.34. The monoisotopic (exact) mass is 539 g/mol. The summed E-state index contributed by atoms with van der Waals surface area (Å²) < 4.78 is 11.6. The predicted octanol–water partition coefficient (Wildman–Crippen LogP) is 1.25. The van der Waals surface area contributed by atoms with Crippen LogP contribution in [0.4, 0.5) is 10.5 Å². The molecule has 0 saturated carbocycles. The number of thioether (sulfide) groups is 1. The number of hydrogen-bond donors (Lipinski definition) is 0. The maximum atomic E-state index is 12.5. The molecule has 3 rings (SSSR count). The topological polar surface area (TPSA) is 154 Å². The molecule has 0 unspecified atom stereocenters. The second-order valence-electron chi connectivity index (χ2n) is 7.52. The Bertz CT molecular complexity index is 1230. The van der Waals surface area contributed by atoms with Crippen LogP contribution in [0.15, 0.2) is 23.2 Å². The normalized spacial score (nSPS) is 14.1. The number of nitro groups is 1. The minimum absolute atomic E-state index is 0.0683. The number of fused-ring (bicyclic) bond motifs is 1. The zero-order valence-corrected chi connectivity index (χ0v) is 21.3. The number of nitro benzene ring substituents is 1. The second kappa shape index (κ2) is 12.5. The smallest absolute Gasteiger partial charge is 0.409 e. The van der Waals surface area contributed by atoms with Crippen LogP contribution in [0, 0.1) is 10.1 Å². The summed E-state index contributed by atoms with van der Waals surface area (Å²) in [5, 5.41) is 11.1. The van der Waals surface area contributed by atoms with Gasteiger partial charge in [0.25, 0.3) is 11.6 Å². The number of piperazine rings is 1. The second-order valence-corrected chi connectivity index (χ2v) is 9.52. The third-order valence-electron chi connectivity index (χ3n) is 5.22. The van der Waals surface area contributed by atoms with Crippen LogP contribution < -0.4 is 4.80 Å². The zero-order chi connectivity index (χ0) is 26.2. The van der Waals surface area contributed by atoms with Crippen molar-refractivity contribution < 1.29 is 33.6 Å². The van der Waals surface area contributed by atoms with Crippen LogP contribution in [0.25, 0.3) is 10.2 Å². The van der Waals surface area contributed by atoms with E-state index in [0.29, 0.717) is 36.4 Å². The molecule has 1 saturated heterocycles. The summed E-state index contributed by atoms with van der Waals surface area (Å²) in [6.07, 6.45) is -0.397. The number of aromatic nitrogens is 1. The number of amides is 3. The largest absolute Gasteiger partial charge is 0.468 e. The lowest BCUT2D eigenvalue weighted by molar-refractivity contribution is -0.384. The summed E-state index contributed by atoms with van der Waals surface area (Å²) in [4.78, 5) is 66.6. The molecule has 1 aromatic carbocycles. The standard InChI is InChI=1S/C21H25N5O8S2/c1-3-34-21(30)24-8-6-23(7-9-24)18(28)13-35-12-17(27)22-20-25(11-19(29)33-2)15-5-4-14(26(31)32)10-16(15)36-20/h4-5,10H,3,6-9,11-13H2,1-2H3. The van der Waals surface area contributed by atoms with E-state index in [1.54, 1.807) is 16.7 Å². The highest BCUT2D eigenvalue weighted by atomic mass is 32.2. The number of nitrogens with zero attached hydrogens (tertiary/aromatic N) is 5. The number of non-ortho nitro benzene ring substituents is 1. The first-order chi connectivity index (χ1) is 17.2. The van der Waals surface area contributed by atoms with E-state index >= 15 is 0 Å². The molecule has 0 spiro atoms. The zero-order valence-electron chi connectivity index (χ0n) is 19.7. The first-order valence-corrected chi connectivity index (χ1v) is 12.9. The third kappa shape index (κ3) is 6.81. The first kappa shape index (κ1) is 27.1. The maximum absolute atomic E-state index is 12.5. The summed E-state index contributed by atoms with van der Waals surface area (Å²) in [7, 11) is 1.23. The number of methoxy groups -OCH3 is 1. The number of benzene rings is 1. The minimum Gasteiger partial charge on any atom is -0.468 e. The molecule has 15 heteroatoms.